The second-order valence-electron chi connectivity index (χ2n) is 7.92. The number of carbonyl (C=O) groups is 2. The fourth-order valence-electron chi connectivity index (χ4n) is 4.02. The minimum atomic E-state index is -0.960. The third-order valence-electron chi connectivity index (χ3n) is 5.75. The highest BCUT2D eigenvalue weighted by Crippen LogP contribution is 2.37. The number of nitriles is 1. The molecular weight excluding hydrogens is 416 g/mol. The fourth-order valence-corrected chi connectivity index (χ4v) is 4.02. The molecule has 3 aromatic rings. The van der Waals surface area contributed by atoms with Crippen molar-refractivity contribution in [2.45, 2.75) is 32.7 Å². The number of amides is 1. The maximum absolute atomic E-state index is 13.1. The lowest BCUT2D eigenvalue weighted by Gasteiger charge is -2.12. The molecule has 0 atom stereocenters. The van der Waals surface area contributed by atoms with E-state index in [-0.39, 0.29) is 18.0 Å². The zero-order chi connectivity index (χ0) is 23.4. The highest BCUT2D eigenvalue weighted by Gasteiger charge is 2.32. The number of para-hydroxylation sites is 1. The van der Waals surface area contributed by atoms with Gasteiger partial charge >= 0.3 is 5.97 Å². The Bertz CT molecular complexity index is 1270. The number of benzene rings is 2. The number of rotatable bonds is 8. The van der Waals surface area contributed by atoms with Crippen LogP contribution in [0, 0.1) is 11.3 Å². The molecule has 0 saturated heterocycles. The summed E-state index contributed by atoms with van der Waals surface area (Å²) in [5.41, 5.74) is 4.04. The van der Waals surface area contributed by atoms with E-state index in [0.717, 1.165) is 47.6 Å². The monoisotopic (exact) mass is 440 g/mol. The van der Waals surface area contributed by atoms with Crippen molar-refractivity contribution >= 4 is 29.2 Å². The van der Waals surface area contributed by atoms with E-state index in [1.807, 2.05) is 30.3 Å². The molecule has 0 radical (unpaired) electrons. The predicted octanol–water partition coefficient (Wildman–Crippen LogP) is 4.38. The van der Waals surface area contributed by atoms with Crippen LogP contribution in [0.15, 0.2) is 54.7 Å². The summed E-state index contributed by atoms with van der Waals surface area (Å²) in [5, 5.41) is 18.3. The van der Waals surface area contributed by atoms with Gasteiger partial charge in [-0.2, -0.15) is 5.26 Å². The first-order valence-electron chi connectivity index (χ1n) is 10.9. The van der Waals surface area contributed by atoms with Crippen molar-refractivity contribution in [1.29, 1.82) is 5.26 Å². The highest BCUT2D eigenvalue weighted by atomic mass is 16.4. The lowest BCUT2D eigenvalue weighted by atomic mass is 10.1. The van der Waals surface area contributed by atoms with Crippen LogP contribution in [-0.2, 0) is 17.8 Å². The average Bonchev–Trinajstić information content (AvgIpc) is 3.32. The molecule has 1 amide bonds. The van der Waals surface area contributed by atoms with Gasteiger partial charge in [-0.15, -0.1) is 0 Å². The van der Waals surface area contributed by atoms with Crippen molar-refractivity contribution in [3.63, 3.8) is 0 Å². The van der Waals surface area contributed by atoms with Crippen LogP contribution in [0.25, 0.3) is 11.6 Å². The molecule has 33 heavy (non-hydrogen) atoms. The van der Waals surface area contributed by atoms with Crippen molar-refractivity contribution in [1.82, 2.24) is 9.55 Å². The maximum Gasteiger partial charge on any atom is 0.335 e. The van der Waals surface area contributed by atoms with E-state index in [0.29, 0.717) is 12.1 Å². The molecule has 0 bridgehead atoms. The topological polar surface area (TPSA) is 99.2 Å². The van der Waals surface area contributed by atoms with Crippen LogP contribution in [0.2, 0.25) is 0 Å². The number of hydrogen-bond donors (Lipinski definition) is 1. The molecule has 1 aliphatic rings. The third-order valence-corrected chi connectivity index (χ3v) is 5.75. The van der Waals surface area contributed by atoms with Gasteiger partial charge in [-0.05, 0) is 36.3 Å². The van der Waals surface area contributed by atoms with Gasteiger partial charge in [0.15, 0.2) is 0 Å². The summed E-state index contributed by atoms with van der Waals surface area (Å²) in [7, 11) is 0. The number of fused-ring (bicyclic) bond motifs is 1. The highest BCUT2D eigenvalue weighted by molar-refractivity contribution is 6.35. The summed E-state index contributed by atoms with van der Waals surface area (Å²) in [4.78, 5) is 30.4. The number of aryl methyl sites for hydroxylation is 1. The van der Waals surface area contributed by atoms with Gasteiger partial charge < -0.3 is 9.67 Å². The second-order valence-corrected chi connectivity index (χ2v) is 7.92. The summed E-state index contributed by atoms with van der Waals surface area (Å²) >= 11 is 0. The number of nitrogens with zero attached hydrogens (tertiary/aromatic N) is 4. The molecule has 1 aromatic heterocycles. The van der Waals surface area contributed by atoms with Gasteiger partial charge in [0.25, 0.3) is 5.91 Å². The SMILES string of the molecule is CCCCc1ncc(C=C2C(=O)N(CC#N)c3ccccc32)n1Cc1ccc(C(=O)O)cc1. The van der Waals surface area contributed by atoms with Gasteiger partial charge in [0, 0.05) is 18.5 Å². The van der Waals surface area contributed by atoms with Crippen molar-refractivity contribution < 1.29 is 14.7 Å². The Kier molecular flexibility index (Phi) is 6.36. The van der Waals surface area contributed by atoms with E-state index in [2.05, 4.69) is 22.5 Å². The average molecular weight is 441 g/mol. The Morgan fingerprint density at radius 3 is 2.64 bits per heavy atom. The predicted molar refractivity (Wildman–Crippen MR) is 126 cm³/mol. The smallest absolute Gasteiger partial charge is 0.335 e. The zero-order valence-corrected chi connectivity index (χ0v) is 18.4. The van der Waals surface area contributed by atoms with E-state index in [1.54, 1.807) is 30.5 Å². The van der Waals surface area contributed by atoms with Gasteiger partial charge in [-0.3, -0.25) is 9.69 Å². The molecule has 1 N–H and O–H groups in total. The lowest BCUT2D eigenvalue weighted by molar-refractivity contribution is -0.112. The van der Waals surface area contributed by atoms with Crippen LogP contribution >= 0.6 is 0 Å². The van der Waals surface area contributed by atoms with Crippen molar-refractivity contribution in [2.75, 3.05) is 11.4 Å². The Morgan fingerprint density at radius 2 is 1.94 bits per heavy atom. The Balaban J connectivity index is 1.74. The molecule has 0 unspecified atom stereocenters. The fraction of sp³-hybridized carbons (Fsp3) is 0.231. The molecule has 2 heterocycles. The summed E-state index contributed by atoms with van der Waals surface area (Å²) in [6.07, 6.45) is 6.44. The molecule has 2 aromatic carbocycles. The van der Waals surface area contributed by atoms with Crippen LogP contribution in [0.5, 0.6) is 0 Å². The lowest BCUT2D eigenvalue weighted by Crippen LogP contribution is -2.26. The van der Waals surface area contributed by atoms with Gasteiger partial charge in [0.2, 0.25) is 0 Å². The van der Waals surface area contributed by atoms with Crippen molar-refractivity contribution in [3.8, 4) is 6.07 Å². The molecule has 0 saturated carbocycles. The summed E-state index contributed by atoms with van der Waals surface area (Å²) in [5.74, 6) is -0.247. The molecule has 1 aliphatic heterocycles. The normalized spacial score (nSPS) is 13.9. The first-order chi connectivity index (χ1) is 16.0. The number of imidazole rings is 1. The van der Waals surface area contributed by atoms with Gasteiger partial charge in [-0.1, -0.05) is 43.7 Å². The Hall–Kier alpha value is -4.18. The number of unbranched alkanes of at least 4 members (excludes halogenated alkanes) is 1. The first-order valence-corrected chi connectivity index (χ1v) is 10.9. The molecule has 4 rings (SSSR count). The number of aromatic carboxylic acids is 1. The summed E-state index contributed by atoms with van der Waals surface area (Å²) in [6.45, 7) is 2.62. The number of aromatic nitrogens is 2. The molecule has 0 aliphatic carbocycles. The van der Waals surface area contributed by atoms with E-state index >= 15 is 0 Å². The van der Waals surface area contributed by atoms with Crippen LogP contribution in [0.1, 0.15) is 52.8 Å². The summed E-state index contributed by atoms with van der Waals surface area (Å²) in [6, 6.07) is 16.3. The molecule has 0 spiro atoms. The van der Waals surface area contributed by atoms with Gasteiger partial charge in [0.05, 0.1) is 34.8 Å². The van der Waals surface area contributed by atoms with Crippen LogP contribution < -0.4 is 4.90 Å². The first kappa shape index (κ1) is 22.0. The van der Waals surface area contributed by atoms with Crippen molar-refractivity contribution in [3.05, 3.63) is 82.9 Å². The standard InChI is InChI=1S/C26H24N4O3/c1-2-3-8-24-28-16-20(30(24)17-18-9-11-19(12-10-18)26(32)33)15-22-21-6-4-5-7-23(21)29(14-13-27)25(22)31/h4-7,9-12,15-16H,2-3,8,14,17H2,1H3,(H,32,33). The molecule has 7 heteroatoms. The zero-order valence-electron chi connectivity index (χ0n) is 18.4. The maximum atomic E-state index is 13.1. The Labute approximate surface area is 192 Å². The quantitative estimate of drug-likeness (QED) is 0.414. The molecule has 0 fully saturated rings. The van der Waals surface area contributed by atoms with E-state index in [4.69, 9.17) is 5.11 Å². The van der Waals surface area contributed by atoms with Crippen LogP contribution in [0.3, 0.4) is 0 Å². The number of carboxylic acids is 1. The minimum Gasteiger partial charge on any atom is -0.478 e. The molecule has 7 nitrogen and oxygen atoms in total. The minimum absolute atomic E-state index is 0.00980. The van der Waals surface area contributed by atoms with Gasteiger partial charge in [-0.25, -0.2) is 9.78 Å². The van der Waals surface area contributed by atoms with E-state index in [1.165, 1.54) is 4.90 Å². The largest absolute Gasteiger partial charge is 0.478 e. The van der Waals surface area contributed by atoms with Gasteiger partial charge in [0.1, 0.15) is 12.4 Å². The van der Waals surface area contributed by atoms with Crippen LogP contribution in [0.4, 0.5) is 5.69 Å². The Morgan fingerprint density at radius 1 is 1.18 bits per heavy atom. The number of hydrogen-bond acceptors (Lipinski definition) is 4. The van der Waals surface area contributed by atoms with Crippen LogP contribution in [-0.4, -0.2) is 33.1 Å². The molecule has 166 valence electrons. The third kappa shape index (κ3) is 4.41. The summed E-state index contributed by atoms with van der Waals surface area (Å²) < 4.78 is 2.07. The molecular formula is C26H24N4O3. The van der Waals surface area contributed by atoms with Crippen molar-refractivity contribution in [2.24, 2.45) is 0 Å². The number of anilines is 1. The van der Waals surface area contributed by atoms with E-state index in [9.17, 15) is 14.9 Å². The number of carboxylic acid groups (broad SMARTS) is 1. The number of carbonyl (C=O) groups excluding carboxylic acids is 1. The second kappa shape index (κ2) is 9.53. The van der Waals surface area contributed by atoms with E-state index < -0.39 is 5.97 Å².